The molecule has 0 aliphatic carbocycles. The number of halogens is 1. The highest BCUT2D eigenvalue weighted by molar-refractivity contribution is 8.93. The van der Waals surface area contributed by atoms with Crippen LogP contribution in [0.15, 0.2) is 0 Å². The van der Waals surface area contributed by atoms with Crippen molar-refractivity contribution >= 4 is 17.0 Å². The monoisotopic (exact) mass is 224 g/mol. The quantitative estimate of drug-likeness (QED) is 0.714. The van der Waals surface area contributed by atoms with Crippen LogP contribution < -0.4 is 0 Å². The van der Waals surface area contributed by atoms with E-state index in [0.717, 1.165) is 0 Å². The first-order valence-electron chi connectivity index (χ1n) is 3.85. The average molecular weight is 225 g/mol. The lowest BCUT2D eigenvalue weighted by Gasteiger charge is -2.21. The second kappa shape index (κ2) is 7.07. The molecule has 0 bridgehead atoms. The van der Waals surface area contributed by atoms with Crippen LogP contribution in [0, 0.1) is 0 Å². The number of nitrogens with zero attached hydrogens (tertiary/aromatic N) is 2. The SMILES string of the molecule is Br.CC(CCN(C)C)N(C)C. The Balaban J connectivity index is 0. The highest BCUT2D eigenvalue weighted by Gasteiger charge is 2.03. The molecule has 0 saturated heterocycles. The molecule has 1 unspecified atom stereocenters. The van der Waals surface area contributed by atoms with Gasteiger partial charge in [0.05, 0.1) is 0 Å². The van der Waals surface area contributed by atoms with Crippen molar-refractivity contribution in [3.05, 3.63) is 0 Å². The van der Waals surface area contributed by atoms with E-state index in [0.29, 0.717) is 6.04 Å². The van der Waals surface area contributed by atoms with E-state index in [1.54, 1.807) is 0 Å². The molecule has 11 heavy (non-hydrogen) atoms. The maximum Gasteiger partial charge on any atom is 0.00730 e. The fourth-order valence-corrected chi connectivity index (χ4v) is 0.703. The Morgan fingerprint density at radius 3 is 1.82 bits per heavy atom. The van der Waals surface area contributed by atoms with Crippen LogP contribution in [0.1, 0.15) is 13.3 Å². The minimum Gasteiger partial charge on any atom is -0.309 e. The number of hydrogen-bond acceptors (Lipinski definition) is 2. The first kappa shape index (κ1) is 14.0. The molecule has 0 N–H and O–H groups in total. The maximum atomic E-state index is 2.25. The van der Waals surface area contributed by atoms with Crippen molar-refractivity contribution in [2.75, 3.05) is 34.7 Å². The van der Waals surface area contributed by atoms with Gasteiger partial charge in [-0.25, -0.2) is 0 Å². The largest absolute Gasteiger partial charge is 0.309 e. The van der Waals surface area contributed by atoms with Crippen LogP contribution in [0.25, 0.3) is 0 Å². The van der Waals surface area contributed by atoms with E-state index in [2.05, 4.69) is 44.9 Å². The van der Waals surface area contributed by atoms with Gasteiger partial charge in [-0.2, -0.15) is 0 Å². The molecule has 3 heteroatoms. The van der Waals surface area contributed by atoms with E-state index in [4.69, 9.17) is 0 Å². The highest BCUT2D eigenvalue weighted by Crippen LogP contribution is 1.97. The van der Waals surface area contributed by atoms with E-state index in [9.17, 15) is 0 Å². The third kappa shape index (κ3) is 8.30. The fourth-order valence-electron chi connectivity index (χ4n) is 0.703. The molecule has 2 nitrogen and oxygen atoms in total. The minimum atomic E-state index is 0. The van der Waals surface area contributed by atoms with Gasteiger partial charge in [0, 0.05) is 6.04 Å². The van der Waals surface area contributed by atoms with Gasteiger partial charge in [-0.05, 0) is 48.1 Å². The van der Waals surface area contributed by atoms with Gasteiger partial charge in [0.25, 0.3) is 0 Å². The Morgan fingerprint density at radius 2 is 1.55 bits per heavy atom. The van der Waals surface area contributed by atoms with E-state index < -0.39 is 0 Å². The van der Waals surface area contributed by atoms with Crippen LogP contribution >= 0.6 is 17.0 Å². The molecule has 0 aliphatic rings. The Morgan fingerprint density at radius 1 is 1.09 bits per heavy atom. The Bertz CT molecular complexity index is 84.2. The van der Waals surface area contributed by atoms with Gasteiger partial charge < -0.3 is 9.80 Å². The first-order chi connectivity index (χ1) is 4.54. The zero-order chi connectivity index (χ0) is 8.15. The Kier molecular flexibility index (Phi) is 8.97. The molecule has 0 rings (SSSR count). The summed E-state index contributed by atoms with van der Waals surface area (Å²) in [7, 11) is 8.48. The van der Waals surface area contributed by atoms with Crippen LogP contribution in [0.4, 0.5) is 0 Å². The smallest absolute Gasteiger partial charge is 0.00730 e. The molecule has 0 aromatic carbocycles. The number of hydrogen-bond donors (Lipinski definition) is 0. The predicted octanol–water partition coefficient (Wildman–Crippen LogP) is 1.47. The van der Waals surface area contributed by atoms with Gasteiger partial charge in [0.15, 0.2) is 0 Å². The first-order valence-corrected chi connectivity index (χ1v) is 3.85. The van der Waals surface area contributed by atoms with E-state index >= 15 is 0 Å². The topological polar surface area (TPSA) is 6.48 Å². The van der Waals surface area contributed by atoms with Crippen molar-refractivity contribution in [1.82, 2.24) is 9.80 Å². The normalized spacial score (nSPS) is 13.4. The molecule has 0 aromatic heterocycles. The highest BCUT2D eigenvalue weighted by atomic mass is 79.9. The molecule has 0 heterocycles. The third-order valence-electron chi connectivity index (χ3n) is 1.88. The summed E-state index contributed by atoms with van der Waals surface area (Å²) >= 11 is 0. The summed E-state index contributed by atoms with van der Waals surface area (Å²) < 4.78 is 0. The second-order valence-electron chi connectivity index (χ2n) is 3.40. The van der Waals surface area contributed by atoms with Gasteiger partial charge in [-0.1, -0.05) is 0 Å². The molecular formula is C8H21BrN2. The van der Waals surface area contributed by atoms with Crippen molar-refractivity contribution < 1.29 is 0 Å². The lowest BCUT2D eigenvalue weighted by Crippen LogP contribution is -2.28. The van der Waals surface area contributed by atoms with Gasteiger partial charge in [-0.3, -0.25) is 0 Å². The fraction of sp³-hybridized carbons (Fsp3) is 1.00. The molecule has 0 saturated carbocycles. The lowest BCUT2D eigenvalue weighted by molar-refractivity contribution is 0.267. The molecule has 0 amide bonds. The van der Waals surface area contributed by atoms with Crippen LogP contribution in [-0.2, 0) is 0 Å². The lowest BCUT2D eigenvalue weighted by atomic mass is 10.2. The second-order valence-corrected chi connectivity index (χ2v) is 3.40. The minimum absolute atomic E-state index is 0. The summed E-state index contributed by atoms with van der Waals surface area (Å²) in [5.74, 6) is 0. The number of rotatable bonds is 4. The van der Waals surface area contributed by atoms with Gasteiger partial charge in [0.1, 0.15) is 0 Å². The van der Waals surface area contributed by atoms with E-state index in [-0.39, 0.29) is 17.0 Å². The summed E-state index contributed by atoms with van der Waals surface area (Å²) in [6, 6.07) is 0.697. The Hall–Kier alpha value is 0.400. The Labute approximate surface area is 81.3 Å². The standard InChI is InChI=1S/C8H20N2.BrH/c1-8(10(4)5)6-7-9(2)3;/h8H,6-7H2,1-5H3;1H. The maximum absolute atomic E-state index is 2.25. The summed E-state index contributed by atoms with van der Waals surface area (Å²) in [6.45, 7) is 3.43. The third-order valence-corrected chi connectivity index (χ3v) is 1.88. The van der Waals surface area contributed by atoms with E-state index in [1.165, 1.54) is 13.0 Å². The molecular weight excluding hydrogens is 204 g/mol. The van der Waals surface area contributed by atoms with Crippen LogP contribution in [0.3, 0.4) is 0 Å². The zero-order valence-corrected chi connectivity index (χ0v) is 10.0. The van der Waals surface area contributed by atoms with Crippen molar-refractivity contribution in [1.29, 1.82) is 0 Å². The molecule has 0 fully saturated rings. The van der Waals surface area contributed by atoms with Gasteiger partial charge >= 0.3 is 0 Å². The molecule has 0 spiro atoms. The summed E-state index contributed by atoms with van der Waals surface area (Å²) in [4.78, 5) is 4.48. The van der Waals surface area contributed by atoms with Gasteiger partial charge in [-0.15, -0.1) is 17.0 Å². The van der Waals surface area contributed by atoms with Crippen molar-refractivity contribution in [2.24, 2.45) is 0 Å². The summed E-state index contributed by atoms with van der Waals surface area (Å²) in [6.07, 6.45) is 1.25. The molecule has 0 aromatic rings. The molecule has 0 radical (unpaired) electrons. The molecule has 70 valence electrons. The van der Waals surface area contributed by atoms with Gasteiger partial charge in [0.2, 0.25) is 0 Å². The van der Waals surface area contributed by atoms with Crippen LogP contribution in [0.2, 0.25) is 0 Å². The van der Waals surface area contributed by atoms with Crippen LogP contribution in [-0.4, -0.2) is 50.6 Å². The van der Waals surface area contributed by atoms with E-state index in [1.807, 2.05) is 0 Å². The molecule has 1 atom stereocenters. The molecule has 0 aliphatic heterocycles. The predicted molar refractivity (Wildman–Crippen MR) is 56.6 cm³/mol. The van der Waals surface area contributed by atoms with Crippen molar-refractivity contribution in [3.63, 3.8) is 0 Å². The summed E-state index contributed by atoms with van der Waals surface area (Å²) in [5, 5.41) is 0. The summed E-state index contributed by atoms with van der Waals surface area (Å²) in [5.41, 5.74) is 0. The van der Waals surface area contributed by atoms with Crippen LogP contribution in [0.5, 0.6) is 0 Å². The van der Waals surface area contributed by atoms with Crippen molar-refractivity contribution in [3.8, 4) is 0 Å². The average Bonchev–Trinajstić information content (AvgIpc) is 1.82. The van der Waals surface area contributed by atoms with Crippen molar-refractivity contribution in [2.45, 2.75) is 19.4 Å². The zero-order valence-electron chi connectivity index (χ0n) is 8.29.